The van der Waals surface area contributed by atoms with Gasteiger partial charge in [0.25, 0.3) is 0 Å². The summed E-state index contributed by atoms with van der Waals surface area (Å²) in [5.41, 5.74) is 2.42. The summed E-state index contributed by atoms with van der Waals surface area (Å²) in [5, 5.41) is 2.07. The summed E-state index contributed by atoms with van der Waals surface area (Å²) in [4.78, 5) is 1.15. The van der Waals surface area contributed by atoms with Gasteiger partial charge in [-0.05, 0) is 41.3 Å². The van der Waals surface area contributed by atoms with Gasteiger partial charge in [0.1, 0.15) is 17.3 Å². The fourth-order valence-electron chi connectivity index (χ4n) is 2.86. The average Bonchev–Trinajstić information content (AvgIpc) is 3.15. The molecule has 0 N–H and O–H groups in total. The lowest BCUT2D eigenvalue weighted by Gasteiger charge is -2.25. The molecule has 0 amide bonds. The van der Waals surface area contributed by atoms with Gasteiger partial charge in [-0.15, -0.1) is 11.3 Å². The minimum atomic E-state index is 0.183. The van der Waals surface area contributed by atoms with Gasteiger partial charge in [0, 0.05) is 11.5 Å². The molecule has 0 spiro atoms. The highest BCUT2D eigenvalue weighted by Gasteiger charge is 2.24. The van der Waals surface area contributed by atoms with E-state index >= 15 is 0 Å². The van der Waals surface area contributed by atoms with E-state index in [1.165, 1.54) is 11.1 Å². The van der Waals surface area contributed by atoms with E-state index in [2.05, 4.69) is 41.8 Å². The number of methoxy groups -OCH3 is 1. The van der Waals surface area contributed by atoms with Crippen molar-refractivity contribution >= 4 is 17.1 Å². The first kappa shape index (κ1) is 14.1. The van der Waals surface area contributed by atoms with Gasteiger partial charge >= 0.3 is 0 Å². The highest BCUT2D eigenvalue weighted by Crippen LogP contribution is 2.41. The number of para-hydroxylation sites is 1. The Kier molecular flexibility index (Phi) is 3.64. The van der Waals surface area contributed by atoms with Crippen LogP contribution in [0.5, 0.6) is 11.5 Å². The molecule has 3 heteroatoms. The summed E-state index contributed by atoms with van der Waals surface area (Å²) in [6, 6.07) is 20.6. The predicted molar refractivity (Wildman–Crippen MR) is 94.2 cm³/mol. The van der Waals surface area contributed by atoms with Crippen molar-refractivity contribution in [2.45, 2.75) is 5.92 Å². The van der Waals surface area contributed by atoms with Crippen LogP contribution in [0.2, 0.25) is 0 Å². The number of hydrogen-bond acceptors (Lipinski definition) is 3. The lowest BCUT2D eigenvalue weighted by Crippen LogP contribution is -2.09. The Hall–Kier alpha value is -2.52. The number of allylic oxidation sites excluding steroid dienone is 1. The van der Waals surface area contributed by atoms with Crippen LogP contribution in [0.3, 0.4) is 0 Å². The molecular formula is C20H16O2S. The van der Waals surface area contributed by atoms with E-state index in [1.54, 1.807) is 18.4 Å². The van der Waals surface area contributed by atoms with Crippen LogP contribution in [-0.4, -0.2) is 7.11 Å². The third-order valence-electron chi connectivity index (χ3n) is 4.03. The highest BCUT2D eigenvalue weighted by atomic mass is 32.1. The monoisotopic (exact) mass is 320 g/mol. The smallest absolute Gasteiger partial charge is 0.141 e. The largest absolute Gasteiger partial charge is 0.497 e. The van der Waals surface area contributed by atoms with Crippen molar-refractivity contribution < 1.29 is 9.47 Å². The van der Waals surface area contributed by atoms with Gasteiger partial charge in [0.05, 0.1) is 12.0 Å². The SMILES string of the molecule is COc1ccc(C2C=C(c3cccs3)Oc3ccccc32)cc1. The molecule has 0 radical (unpaired) electrons. The second kappa shape index (κ2) is 5.94. The van der Waals surface area contributed by atoms with Crippen LogP contribution in [0.25, 0.3) is 5.76 Å². The molecule has 0 saturated carbocycles. The second-order valence-electron chi connectivity index (χ2n) is 5.40. The van der Waals surface area contributed by atoms with Gasteiger partial charge in [-0.3, -0.25) is 0 Å². The predicted octanol–water partition coefficient (Wildman–Crippen LogP) is 5.32. The lowest BCUT2D eigenvalue weighted by molar-refractivity contribution is 0.414. The maximum atomic E-state index is 6.12. The quantitative estimate of drug-likeness (QED) is 0.650. The molecule has 0 fully saturated rings. The van der Waals surface area contributed by atoms with E-state index in [0.29, 0.717) is 0 Å². The summed E-state index contributed by atoms with van der Waals surface area (Å²) in [5.74, 6) is 2.92. The van der Waals surface area contributed by atoms with E-state index in [9.17, 15) is 0 Å². The molecule has 2 nitrogen and oxygen atoms in total. The molecule has 0 aliphatic carbocycles. The van der Waals surface area contributed by atoms with Gasteiger partial charge in [0.15, 0.2) is 0 Å². The third-order valence-corrected chi connectivity index (χ3v) is 4.92. The van der Waals surface area contributed by atoms with Crippen LogP contribution < -0.4 is 9.47 Å². The fraction of sp³-hybridized carbons (Fsp3) is 0.100. The zero-order valence-corrected chi connectivity index (χ0v) is 13.5. The first-order valence-corrected chi connectivity index (χ1v) is 8.39. The van der Waals surface area contributed by atoms with E-state index < -0.39 is 0 Å². The van der Waals surface area contributed by atoms with E-state index in [-0.39, 0.29) is 5.92 Å². The van der Waals surface area contributed by atoms with Gasteiger partial charge < -0.3 is 9.47 Å². The van der Waals surface area contributed by atoms with Crippen molar-refractivity contribution in [3.63, 3.8) is 0 Å². The van der Waals surface area contributed by atoms with Crippen molar-refractivity contribution in [3.8, 4) is 11.5 Å². The second-order valence-corrected chi connectivity index (χ2v) is 6.35. The number of thiophene rings is 1. The highest BCUT2D eigenvalue weighted by molar-refractivity contribution is 7.11. The number of rotatable bonds is 3. The minimum Gasteiger partial charge on any atom is -0.497 e. The third kappa shape index (κ3) is 2.64. The Morgan fingerprint density at radius 1 is 0.957 bits per heavy atom. The Labute approximate surface area is 139 Å². The van der Waals surface area contributed by atoms with Crippen LogP contribution in [0.15, 0.2) is 72.1 Å². The molecule has 2 heterocycles. The molecule has 23 heavy (non-hydrogen) atoms. The minimum absolute atomic E-state index is 0.183. The molecule has 114 valence electrons. The molecule has 1 aromatic heterocycles. The summed E-state index contributed by atoms with van der Waals surface area (Å²) < 4.78 is 11.4. The van der Waals surface area contributed by atoms with Crippen LogP contribution in [0.4, 0.5) is 0 Å². The number of ether oxygens (including phenoxy) is 2. The molecule has 4 rings (SSSR count). The summed E-state index contributed by atoms with van der Waals surface area (Å²) in [6.07, 6.45) is 2.20. The van der Waals surface area contributed by atoms with E-state index in [0.717, 1.165) is 22.1 Å². The van der Waals surface area contributed by atoms with Crippen molar-refractivity contribution in [1.29, 1.82) is 0 Å². The maximum absolute atomic E-state index is 6.12. The Bertz CT molecular complexity index is 832. The van der Waals surface area contributed by atoms with Crippen LogP contribution >= 0.6 is 11.3 Å². The molecule has 1 atom stereocenters. The standard InChI is InChI=1S/C20H16O2S/c1-21-15-10-8-14(9-11-15)17-13-19(20-7-4-12-23-20)22-18-6-3-2-5-16(17)18/h2-13,17H,1H3. The first-order chi connectivity index (χ1) is 11.3. The van der Waals surface area contributed by atoms with Crippen LogP contribution in [0, 0.1) is 0 Å². The van der Waals surface area contributed by atoms with Crippen LogP contribution in [-0.2, 0) is 0 Å². The normalized spacial score (nSPS) is 16.2. The van der Waals surface area contributed by atoms with Crippen molar-refractivity contribution in [1.82, 2.24) is 0 Å². The summed E-state index contributed by atoms with van der Waals surface area (Å²) in [6.45, 7) is 0. The maximum Gasteiger partial charge on any atom is 0.141 e. The molecule has 2 aromatic carbocycles. The topological polar surface area (TPSA) is 18.5 Å². The first-order valence-electron chi connectivity index (χ1n) is 7.51. The Balaban J connectivity index is 1.81. The molecular weight excluding hydrogens is 304 g/mol. The number of hydrogen-bond donors (Lipinski definition) is 0. The van der Waals surface area contributed by atoms with Gasteiger partial charge in [0.2, 0.25) is 0 Å². The zero-order valence-electron chi connectivity index (χ0n) is 12.7. The summed E-state index contributed by atoms with van der Waals surface area (Å²) in [7, 11) is 1.69. The van der Waals surface area contributed by atoms with E-state index in [4.69, 9.17) is 9.47 Å². The molecule has 1 unspecified atom stereocenters. The molecule has 1 aliphatic heterocycles. The van der Waals surface area contributed by atoms with Crippen LogP contribution in [0.1, 0.15) is 21.9 Å². The fourth-order valence-corrected chi connectivity index (χ4v) is 3.55. The van der Waals surface area contributed by atoms with E-state index in [1.807, 2.05) is 30.3 Å². The van der Waals surface area contributed by atoms with Crippen molar-refractivity contribution in [2.24, 2.45) is 0 Å². The Morgan fingerprint density at radius 2 is 1.78 bits per heavy atom. The van der Waals surface area contributed by atoms with Gasteiger partial charge in [-0.25, -0.2) is 0 Å². The molecule has 0 saturated heterocycles. The Morgan fingerprint density at radius 3 is 2.52 bits per heavy atom. The number of benzene rings is 2. The zero-order chi connectivity index (χ0) is 15.6. The number of fused-ring (bicyclic) bond motifs is 1. The van der Waals surface area contributed by atoms with Gasteiger partial charge in [-0.2, -0.15) is 0 Å². The molecule has 1 aliphatic rings. The molecule has 3 aromatic rings. The van der Waals surface area contributed by atoms with Gasteiger partial charge in [-0.1, -0.05) is 36.4 Å². The summed E-state index contributed by atoms with van der Waals surface area (Å²) >= 11 is 1.69. The molecule has 0 bridgehead atoms. The lowest BCUT2D eigenvalue weighted by atomic mass is 9.88. The van der Waals surface area contributed by atoms with Crippen molar-refractivity contribution in [3.05, 3.63) is 88.1 Å². The average molecular weight is 320 g/mol. The van der Waals surface area contributed by atoms with Crippen molar-refractivity contribution in [2.75, 3.05) is 7.11 Å².